The lowest BCUT2D eigenvalue weighted by atomic mass is 10.2. The number of aromatic nitrogens is 1. The lowest BCUT2D eigenvalue weighted by Gasteiger charge is -2.15. The molecule has 0 saturated heterocycles. The number of rotatable bonds is 7. The second-order valence-corrected chi connectivity index (χ2v) is 6.85. The highest BCUT2D eigenvalue weighted by Crippen LogP contribution is 2.11. The fourth-order valence-electron chi connectivity index (χ4n) is 2.11. The summed E-state index contributed by atoms with van der Waals surface area (Å²) in [6.45, 7) is 1.41. The average molecular weight is 546 g/mol. The normalized spacial score (nSPS) is 10.7. The molecule has 2 rings (SSSR count). The van der Waals surface area contributed by atoms with E-state index in [4.69, 9.17) is 0 Å². The second kappa shape index (κ2) is 12.7. The Hall–Kier alpha value is -1.68. The maximum atomic E-state index is 11.8. The predicted octanol–water partition coefficient (Wildman–Crippen LogP) is 2.83. The number of pyridine rings is 1. The quantitative estimate of drug-likeness (QED) is 0.319. The first-order chi connectivity index (χ1) is 12.5. The standard InChI is InChI=1S/C19H24BrN5O.HI/c1-25(2)18(26)14-24-19(22-12-10-17-5-3-4-11-21-17)23-13-15-6-8-16(20)9-7-15;/h3-9,11H,10,12-14H2,1-2H3,(H2,22,23,24);1H. The number of carbonyl (C=O) groups is 1. The molecule has 0 aliphatic heterocycles. The molecule has 0 aliphatic carbocycles. The van der Waals surface area contributed by atoms with Crippen LogP contribution in [0.3, 0.4) is 0 Å². The van der Waals surface area contributed by atoms with E-state index >= 15 is 0 Å². The first-order valence-corrected chi connectivity index (χ1v) is 9.20. The van der Waals surface area contributed by atoms with Gasteiger partial charge in [0.25, 0.3) is 0 Å². The lowest BCUT2D eigenvalue weighted by Crippen LogP contribution is -2.43. The molecule has 6 nitrogen and oxygen atoms in total. The SMILES string of the molecule is CN(C)C(=O)CNC(=NCc1ccc(Br)cc1)NCCc1ccccn1.I. The minimum absolute atomic E-state index is 0. The van der Waals surface area contributed by atoms with Crippen LogP contribution in [0, 0.1) is 0 Å². The fourth-order valence-corrected chi connectivity index (χ4v) is 2.37. The summed E-state index contributed by atoms with van der Waals surface area (Å²) < 4.78 is 1.04. The van der Waals surface area contributed by atoms with Crippen LogP contribution >= 0.6 is 39.9 Å². The third-order valence-electron chi connectivity index (χ3n) is 3.64. The van der Waals surface area contributed by atoms with Crippen LogP contribution < -0.4 is 10.6 Å². The number of halogens is 2. The summed E-state index contributed by atoms with van der Waals surface area (Å²) in [5, 5.41) is 6.35. The molecule has 2 aromatic rings. The Morgan fingerprint density at radius 3 is 2.52 bits per heavy atom. The smallest absolute Gasteiger partial charge is 0.241 e. The van der Waals surface area contributed by atoms with Gasteiger partial charge in [0.05, 0.1) is 13.1 Å². The number of amides is 1. The van der Waals surface area contributed by atoms with E-state index in [2.05, 4.69) is 36.5 Å². The molecular formula is C19H25BrIN5O. The largest absolute Gasteiger partial charge is 0.356 e. The van der Waals surface area contributed by atoms with E-state index in [9.17, 15) is 4.79 Å². The summed E-state index contributed by atoms with van der Waals surface area (Å²) in [6, 6.07) is 13.9. The van der Waals surface area contributed by atoms with Gasteiger partial charge in [-0.25, -0.2) is 4.99 Å². The van der Waals surface area contributed by atoms with Crippen molar-refractivity contribution < 1.29 is 4.79 Å². The second-order valence-electron chi connectivity index (χ2n) is 5.93. The van der Waals surface area contributed by atoms with Crippen molar-refractivity contribution in [2.24, 2.45) is 4.99 Å². The number of guanidine groups is 1. The molecule has 0 atom stereocenters. The third-order valence-corrected chi connectivity index (χ3v) is 4.17. The van der Waals surface area contributed by atoms with Gasteiger partial charge in [0, 0.05) is 43.4 Å². The van der Waals surface area contributed by atoms with Gasteiger partial charge in [0.15, 0.2) is 5.96 Å². The molecule has 1 aromatic heterocycles. The van der Waals surface area contributed by atoms with E-state index in [-0.39, 0.29) is 36.4 Å². The van der Waals surface area contributed by atoms with Crippen molar-refractivity contribution in [1.29, 1.82) is 0 Å². The van der Waals surface area contributed by atoms with Crippen molar-refractivity contribution in [1.82, 2.24) is 20.5 Å². The first-order valence-electron chi connectivity index (χ1n) is 8.41. The van der Waals surface area contributed by atoms with E-state index in [1.165, 1.54) is 0 Å². The molecule has 0 aliphatic rings. The van der Waals surface area contributed by atoms with Crippen LogP contribution in [0.2, 0.25) is 0 Å². The molecule has 1 amide bonds. The molecule has 0 radical (unpaired) electrons. The van der Waals surface area contributed by atoms with Crippen molar-refractivity contribution in [3.05, 3.63) is 64.4 Å². The Morgan fingerprint density at radius 2 is 1.89 bits per heavy atom. The Kier molecular flexibility index (Phi) is 11.0. The number of aliphatic imine (C=N–C) groups is 1. The van der Waals surface area contributed by atoms with Gasteiger partial charge in [0.2, 0.25) is 5.91 Å². The molecule has 0 spiro atoms. The van der Waals surface area contributed by atoms with Crippen LogP contribution in [0.4, 0.5) is 0 Å². The number of hydrogen-bond acceptors (Lipinski definition) is 3. The molecule has 146 valence electrons. The minimum atomic E-state index is -0.00660. The van der Waals surface area contributed by atoms with Crippen LogP contribution in [0.5, 0.6) is 0 Å². The van der Waals surface area contributed by atoms with Gasteiger partial charge in [-0.1, -0.05) is 34.1 Å². The number of hydrogen-bond donors (Lipinski definition) is 2. The van der Waals surface area contributed by atoms with Gasteiger partial charge in [-0.2, -0.15) is 0 Å². The highest BCUT2D eigenvalue weighted by molar-refractivity contribution is 14.0. The molecular weight excluding hydrogens is 521 g/mol. The number of carbonyl (C=O) groups excluding carboxylic acids is 1. The molecule has 1 heterocycles. The Balaban J connectivity index is 0.00000364. The van der Waals surface area contributed by atoms with Crippen LogP contribution in [0.25, 0.3) is 0 Å². The van der Waals surface area contributed by atoms with Gasteiger partial charge in [-0.3, -0.25) is 9.78 Å². The van der Waals surface area contributed by atoms with Gasteiger partial charge >= 0.3 is 0 Å². The van der Waals surface area contributed by atoms with E-state index in [0.29, 0.717) is 19.0 Å². The summed E-state index contributed by atoms with van der Waals surface area (Å²) in [5.41, 5.74) is 2.11. The number of benzene rings is 1. The zero-order valence-electron chi connectivity index (χ0n) is 15.5. The van der Waals surface area contributed by atoms with Crippen LogP contribution in [-0.2, 0) is 17.8 Å². The molecule has 0 saturated carbocycles. The van der Waals surface area contributed by atoms with E-state index in [0.717, 1.165) is 22.2 Å². The van der Waals surface area contributed by atoms with Gasteiger partial charge in [0.1, 0.15) is 0 Å². The summed E-state index contributed by atoms with van der Waals surface area (Å²) in [7, 11) is 3.47. The number of nitrogens with zero attached hydrogens (tertiary/aromatic N) is 3. The predicted molar refractivity (Wildman–Crippen MR) is 123 cm³/mol. The zero-order chi connectivity index (χ0) is 18.8. The van der Waals surface area contributed by atoms with Crippen molar-refractivity contribution in [3.63, 3.8) is 0 Å². The van der Waals surface area contributed by atoms with Gasteiger partial charge in [-0.05, 0) is 29.8 Å². The molecule has 0 unspecified atom stereocenters. The minimum Gasteiger partial charge on any atom is -0.356 e. The molecule has 27 heavy (non-hydrogen) atoms. The van der Waals surface area contributed by atoms with Crippen LogP contribution in [0.1, 0.15) is 11.3 Å². The Labute approximate surface area is 186 Å². The Bertz CT molecular complexity index is 723. The maximum absolute atomic E-state index is 11.8. The Morgan fingerprint density at radius 1 is 1.15 bits per heavy atom. The van der Waals surface area contributed by atoms with E-state index in [1.807, 2.05) is 42.5 Å². The molecule has 8 heteroatoms. The van der Waals surface area contributed by atoms with Crippen molar-refractivity contribution in [2.75, 3.05) is 27.2 Å². The maximum Gasteiger partial charge on any atom is 0.241 e. The summed E-state index contributed by atoms with van der Waals surface area (Å²) in [5.74, 6) is 0.604. The van der Waals surface area contributed by atoms with Crippen molar-refractivity contribution in [3.8, 4) is 0 Å². The van der Waals surface area contributed by atoms with Crippen LogP contribution in [0.15, 0.2) is 58.1 Å². The first kappa shape index (κ1) is 23.4. The number of likely N-dealkylation sites (N-methyl/N-ethyl adjacent to an activating group) is 1. The van der Waals surface area contributed by atoms with Gasteiger partial charge in [-0.15, -0.1) is 24.0 Å². The molecule has 0 fully saturated rings. The van der Waals surface area contributed by atoms with Crippen LogP contribution in [-0.4, -0.2) is 48.9 Å². The summed E-state index contributed by atoms with van der Waals surface area (Å²) in [6.07, 6.45) is 2.56. The average Bonchev–Trinajstić information content (AvgIpc) is 2.65. The molecule has 0 bridgehead atoms. The zero-order valence-corrected chi connectivity index (χ0v) is 19.4. The third kappa shape index (κ3) is 9.18. The fraction of sp³-hybridized carbons (Fsp3) is 0.316. The van der Waals surface area contributed by atoms with E-state index < -0.39 is 0 Å². The number of nitrogens with one attached hydrogen (secondary N) is 2. The monoisotopic (exact) mass is 545 g/mol. The molecule has 2 N–H and O–H groups in total. The highest BCUT2D eigenvalue weighted by Gasteiger charge is 2.06. The lowest BCUT2D eigenvalue weighted by molar-refractivity contribution is -0.127. The highest BCUT2D eigenvalue weighted by atomic mass is 127. The van der Waals surface area contributed by atoms with E-state index in [1.54, 1.807) is 25.2 Å². The molecule has 1 aromatic carbocycles. The van der Waals surface area contributed by atoms with Crippen molar-refractivity contribution >= 4 is 51.8 Å². The van der Waals surface area contributed by atoms with Crippen molar-refractivity contribution in [2.45, 2.75) is 13.0 Å². The summed E-state index contributed by atoms with van der Waals surface area (Å²) in [4.78, 5) is 22.3. The summed E-state index contributed by atoms with van der Waals surface area (Å²) >= 11 is 3.43. The van der Waals surface area contributed by atoms with Gasteiger partial charge < -0.3 is 15.5 Å². The topological polar surface area (TPSA) is 69.6 Å².